The van der Waals surface area contributed by atoms with Gasteiger partial charge in [0.15, 0.2) is 0 Å². The summed E-state index contributed by atoms with van der Waals surface area (Å²) in [6, 6.07) is 1.67. The number of aryl methyl sites for hydroxylation is 1. The van der Waals surface area contributed by atoms with Gasteiger partial charge in [0.2, 0.25) is 0 Å². The first-order chi connectivity index (χ1) is 5.66. The number of pyridine rings is 1. The van der Waals surface area contributed by atoms with Gasteiger partial charge in [-0.3, -0.25) is 4.79 Å². The topological polar surface area (TPSA) is 71.8 Å². The lowest BCUT2D eigenvalue weighted by atomic mass is 10.3. The molecule has 0 saturated carbocycles. The molecule has 0 radical (unpaired) electrons. The summed E-state index contributed by atoms with van der Waals surface area (Å²) >= 11 is 1.16. The maximum atomic E-state index is 10.9. The Morgan fingerprint density at radius 3 is 3.17 bits per heavy atom. The summed E-state index contributed by atoms with van der Waals surface area (Å²) < 4.78 is 0.884. The van der Waals surface area contributed by atoms with Crippen LogP contribution in [0.5, 0.6) is 0 Å². The first-order valence-corrected chi connectivity index (χ1v) is 4.24. The minimum Gasteiger partial charge on any atom is -0.384 e. The Hall–Kier alpha value is -1.36. The van der Waals surface area contributed by atoms with Gasteiger partial charge in [-0.05, 0) is 6.92 Å². The van der Waals surface area contributed by atoms with Crippen molar-refractivity contribution in [2.75, 3.05) is 5.73 Å². The molecule has 3 N–H and O–H groups in total. The largest absolute Gasteiger partial charge is 0.384 e. The quantitative estimate of drug-likeness (QED) is 0.633. The highest BCUT2D eigenvalue weighted by Gasteiger charge is 2.03. The molecule has 0 fully saturated rings. The molecule has 0 unspecified atom stereocenters. The van der Waals surface area contributed by atoms with Gasteiger partial charge in [-0.1, -0.05) is 11.3 Å². The van der Waals surface area contributed by atoms with Crippen LogP contribution in [0.3, 0.4) is 0 Å². The second-order valence-corrected chi connectivity index (χ2v) is 3.51. The number of aromatic nitrogens is 2. The van der Waals surface area contributed by atoms with Crippen molar-refractivity contribution in [3.8, 4) is 0 Å². The van der Waals surface area contributed by atoms with Crippen LogP contribution in [0.1, 0.15) is 5.69 Å². The number of fused-ring (bicyclic) bond motifs is 1. The number of rotatable bonds is 0. The van der Waals surface area contributed by atoms with E-state index in [-0.39, 0.29) is 4.87 Å². The van der Waals surface area contributed by atoms with E-state index in [9.17, 15) is 4.79 Å². The second kappa shape index (κ2) is 2.31. The monoisotopic (exact) mass is 181 g/mol. The molecule has 5 heteroatoms. The normalized spacial score (nSPS) is 10.8. The van der Waals surface area contributed by atoms with E-state index < -0.39 is 0 Å². The Morgan fingerprint density at radius 1 is 1.67 bits per heavy atom. The Kier molecular flexibility index (Phi) is 1.41. The predicted molar refractivity (Wildman–Crippen MR) is 49.4 cm³/mol. The van der Waals surface area contributed by atoms with Crippen molar-refractivity contribution in [2.45, 2.75) is 6.92 Å². The molecule has 0 saturated heterocycles. The fourth-order valence-electron chi connectivity index (χ4n) is 1.13. The van der Waals surface area contributed by atoms with E-state index >= 15 is 0 Å². The number of hydrogen-bond donors (Lipinski definition) is 2. The highest BCUT2D eigenvalue weighted by atomic mass is 32.1. The fraction of sp³-hybridized carbons (Fsp3) is 0.143. The van der Waals surface area contributed by atoms with Gasteiger partial charge in [-0.2, -0.15) is 0 Å². The molecule has 2 heterocycles. The number of hydrogen-bond acceptors (Lipinski definition) is 4. The van der Waals surface area contributed by atoms with Gasteiger partial charge in [0, 0.05) is 6.07 Å². The number of nitrogens with one attached hydrogen (secondary N) is 1. The van der Waals surface area contributed by atoms with Crippen molar-refractivity contribution >= 4 is 27.4 Å². The van der Waals surface area contributed by atoms with Crippen LogP contribution in [0.2, 0.25) is 0 Å². The minimum atomic E-state index is -0.0690. The molecular weight excluding hydrogens is 174 g/mol. The van der Waals surface area contributed by atoms with Gasteiger partial charge in [0.1, 0.15) is 5.82 Å². The average Bonchev–Trinajstić information content (AvgIpc) is 2.29. The molecule has 0 amide bonds. The Labute approximate surface area is 72.1 Å². The average molecular weight is 181 g/mol. The first kappa shape index (κ1) is 7.30. The molecule has 62 valence electrons. The zero-order chi connectivity index (χ0) is 8.72. The highest BCUT2D eigenvalue weighted by Crippen LogP contribution is 2.18. The van der Waals surface area contributed by atoms with Gasteiger partial charge in [0.25, 0.3) is 0 Å². The number of H-pyrrole nitrogens is 1. The van der Waals surface area contributed by atoms with Gasteiger partial charge >= 0.3 is 4.87 Å². The molecule has 0 spiro atoms. The third-order valence-corrected chi connectivity index (χ3v) is 2.60. The van der Waals surface area contributed by atoms with Crippen molar-refractivity contribution in [3.05, 3.63) is 21.4 Å². The number of anilines is 1. The van der Waals surface area contributed by atoms with E-state index in [0.29, 0.717) is 5.82 Å². The number of thiazole rings is 1. The SMILES string of the molecule is Cc1nc(N)cc2[nH]c(=O)sc12. The van der Waals surface area contributed by atoms with Crippen LogP contribution >= 0.6 is 11.3 Å². The molecule has 0 aromatic carbocycles. The zero-order valence-corrected chi connectivity index (χ0v) is 7.23. The number of nitrogen functional groups attached to an aromatic ring is 1. The van der Waals surface area contributed by atoms with E-state index in [4.69, 9.17) is 5.73 Å². The van der Waals surface area contributed by atoms with Crippen molar-refractivity contribution in [1.82, 2.24) is 9.97 Å². The molecule has 0 aliphatic rings. The lowest BCUT2D eigenvalue weighted by molar-refractivity contribution is 1.24. The van der Waals surface area contributed by atoms with Crippen LogP contribution < -0.4 is 10.6 Å². The summed E-state index contributed by atoms with van der Waals surface area (Å²) in [4.78, 5) is 17.6. The molecule has 0 bridgehead atoms. The van der Waals surface area contributed by atoms with Gasteiger partial charge in [0.05, 0.1) is 15.9 Å². The molecule has 12 heavy (non-hydrogen) atoms. The number of nitrogens with zero attached hydrogens (tertiary/aromatic N) is 1. The molecule has 0 atom stereocenters. The fourth-order valence-corrected chi connectivity index (χ4v) is 1.89. The van der Waals surface area contributed by atoms with Crippen LogP contribution in [-0.4, -0.2) is 9.97 Å². The van der Waals surface area contributed by atoms with Crippen LogP contribution in [0.4, 0.5) is 5.82 Å². The highest BCUT2D eigenvalue weighted by molar-refractivity contribution is 7.16. The maximum Gasteiger partial charge on any atom is 0.305 e. The van der Waals surface area contributed by atoms with E-state index in [0.717, 1.165) is 27.2 Å². The Morgan fingerprint density at radius 2 is 2.42 bits per heavy atom. The Balaban J connectivity index is 2.97. The van der Waals surface area contributed by atoms with Crippen molar-refractivity contribution in [3.63, 3.8) is 0 Å². The van der Waals surface area contributed by atoms with E-state index in [1.807, 2.05) is 6.92 Å². The maximum absolute atomic E-state index is 10.9. The number of aromatic amines is 1. The summed E-state index contributed by atoms with van der Waals surface area (Å²) in [6.07, 6.45) is 0. The molecule has 2 aromatic rings. The van der Waals surface area contributed by atoms with E-state index in [1.165, 1.54) is 0 Å². The first-order valence-electron chi connectivity index (χ1n) is 3.43. The van der Waals surface area contributed by atoms with Crippen LogP contribution in [0.15, 0.2) is 10.9 Å². The van der Waals surface area contributed by atoms with Gasteiger partial charge < -0.3 is 10.7 Å². The predicted octanol–water partition coefficient (Wildman–Crippen LogP) is 0.875. The van der Waals surface area contributed by atoms with Crippen LogP contribution in [0.25, 0.3) is 10.2 Å². The summed E-state index contributed by atoms with van der Waals surface area (Å²) in [7, 11) is 0. The molecule has 2 aromatic heterocycles. The standard InChI is InChI=1S/C7H7N3OS/c1-3-6-4(2-5(8)9-3)10-7(11)12-6/h2H,1H3,(H2,8,9)(H,10,11). The lowest BCUT2D eigenvalue weighted by Crippen LogP contribution is -1.92. The lowest BCUT2D eigenvalue weighted by Gasteiger charge is -1.95. The minimum absolute atomic E-state index is 0.0690. The smallest absolute Gasteiger partial charge is 0.305 e. The van der Waals surface area contributed by atoms with Crippen molar-refractivity contribution < 1.29 is 0 Å². The van der Waals surface area contributed by atoms with E-state index in [1.54, 1.807) is 6.07 Å². The summed E-state index contributed by atoms with van der Waals surface area (Å²) in [5.41, 5.74) is 7.08. The third kappa shape index (κ3) is 0.984. The summed E-state index contributed by atoms with van der Waals surface area (Å²) in [6.45, 7) is 1.84. The van der Waals surface area contributed by atoms with Crippen LogP contribution in [-0.2, 0) is 0 Å². The molecule has 2 rings (SSSR count). The van der Waals surface area contributed by atoms with Crippen molar-refractivity contribution in [2.24, 2.45) is 0 Å². The number of nitrogens with two attached hydrogens (primary N) is 1. The van der Waals surface area contributed by atoms with E-state index in [2.05, 4.69) is 9.97 Å². The molecule has 4 nitrogen and oxygen atoms in total. The molecular formula is C7H7N3OS. The summed E-state index contributed by atoms with van der Waals surface area (Å²) in [5, 5.41) is 0. The van der Waals surface area contributed by atoms with Crippen molar-refractivity contribution in [1.29, 1.82) is 0 Å². The van der Waals surface area contributed by atoms with Crippen LogP contribution in [0, 0.1) is 6.92 Å². The third-order valence-electron chi connectivity index (χ3n) is 1.59. The van der Waals surface area contributed by atoms with Gasteiger partial charge in [-0.15, -0.1) is 0 Å². The van der Waals surface area contributed by atoms with Gasteiger partial charge in [-0.25, -0.2) is 4.98 Å². The molecule has 0 aliphatic heterocycles. The Bertz CT molecular complexity index is 485. The molecule has 0 aliphatic carbocycles. The second-order valence-electron chi connectivity index (χ2n) is 2.52. The summed E-state index contributed by atoms with van der Waals surface area (Å²) in [5.74, 6) is 0.439. The zero-order valence-electron chi connectivity index (χ0n) is 6.42.